The van der Waals surface area contributed by atoms with Gasteiger partial charge in [0.25, 0.3) is 0 Å². The molecule has 7 heteroatoms. The minimum absolute atomic E-state index is 0.685. The van der Waals surface area contributed by atoms with E-state index in [-0.39, 0.29) is 0 Å². The molecule has 2 aromatic heterocycles. The summed E-state index contributed by atoms with van der Waals surface area (Å²) in [5, 5.41) is 9.27. The monoisotopic (exact) mass is 365 g/mol. The van der Waals surface area contributed by atoms with Crippen LogP contribution in [0.15, 0.2) is 55.0 Å². The Labute approximate surface area is 155 Å². The van der Waals surface area contributed by atoms with Gasteiger partial charge in [-0.25, -0.2) is 14.6 Å². The van der Waals surface area contributed by atoms with E-state index in [1.807, 2.05) is 49.4 Å². The minimum atomic E-state index is 0.685. The van der Waals surface area contributed by atoms with Crippen LogP contribution in [0.2, 0.25) is 5.02 Å². The van der Waals surface area contributed by atoms with Crippen LogP contribution in [0.4, 0.5) is 11.5 Å². The van der Waals surface area contributed by atoms with Crippen molar-refractivity contribution in [3.63, 3.8) is 0 Å². The summed E-state index contributed by atoms with van der Waals surface area (Å²) in [5.41, 5.74) is 3.47. The number of rotatable bonds is 4. The van der Waals surface area contributed by atoms with E-state index < -0.39 is 0 Å². The summed E-state index contributed by atoms with van der Waals surface area (Å²) in [6.07, 6.45) is 3.26. The Morgan fingerprint density at radius 2 is 1.88 bits per heavy atom. The van der Waals surface area contributed by atoms with Gasteiger partial charge < -0.3 is 10.1 Å². The van der Waals surface area contributed by atoms with E-state index in [9.17, 15) is 0 Å². The van der Waals surface area contributed by atoms with Crippen molar-refractivity contribution in [2.45, 2.75) is 6.92 Å². The molecule has 0 saturated carbocycles. The van der Waals surface area contributed by atoms with E-state index in [1.54, 1.807) is 18.0 Å². The lowest BCUT2D eigenvalue weighted by atomic mass is 10.2. The number of aryl methyl sites for hydroxylation is 1. The molecule has 26 heavy (non-hydrogen) atoms. The molecule has 0 aliphatic rings. The summed E-state index contributed by atoms with van der Waals surface area (Å²) in [6, 6.07) is 13.4. The molecule has 0 atom stereocenters. The molecule has 2 aromatic carbocycles. The molecule has 0 saturated heterocycles. The van der Waals surface area contributed by atoms with Crippen molar-refractivity contribution in [1.29, 1.82) is 0 Å². The van der Waals surface area contributed by atoms with Crippen LogP contribution in [-0.4, -0.2) is 26.9 Å². The first-order valence-electron chi connectivity index (χ1n) is 8.02. The zero-order valence-corrected chi connectivity index (χ0v) is 15.0. The molecule has 0 fully saturated rings. The topological polar surface area (TPSA) is 64.9 Å². The van der Waals surface area contributed by atoms with Gasteiger partial charge in [0.05, 0.1) is 24.4 Å². The second-order valence-corrected chi connectivity index (χ2v) is 6.21. The molecule has 0 unspecified atom stereocenters. The average Bonchev–Trinajstić information content (AvgIpc) is 3.10. The fraction of sp³-hybridized carbons (Fsp3) is 0.105. The standard InChI is InChI=1S/C19H16ClN5O/c1-12-3-6-14(9-17(12)20)25-19-16(10-23-25)18(21-11-22-19)24-13-4-7-15(26-2)8-5-13/h3-11H,1-2H3,(H,21,22,24). The highest BCUT2D eigenvalue weighted by atomic mass is 35.5. The van der Waals surface area contributed by atoms with Crippen molar-refractivity contribution in [1.82, 2.24) is 19.7 Å². The normalized spacial score (nSPS) is 10.9. The molecular formula is C19H16ClN5O. The Kier molecular flexibility index (Phi) is 4.18. The van der Waals surface area contributed by atoms with Crippen LogP contribution in [0.25, 0.3) is 16.7 Å². The molecule has 6 nitrogen and oxygen atoms in total. The highest BCUT2D eigenvalue weighted by Crippen LogP contribution is 2.27. The van der Waals surface area contributed by atoms with Crippen LogP contribution in [0.3, 0.4) is 0 Å². The number of hydrogen-bond donors (Lipinski definition) is 1. The van der Waals surface area contributed by atoms with Crippen LogP contribution in [0.1, 0.15) is 5.56 Å². The number of anilines is 2. The van der Waals surface area contributed by atoms with Gasteiger partial charge in [-0.15, -0.1) is 0 Å². The van der Waals surface area contributed by atoms with E-state index in [2.05, 4.69) is 20.4 Å². The molecule has 0 spiro atoms. The number of methoxy groups -OCH3 is 1. The number of nitrogens with one attached hydrogen (secondary N) is 1. The molecule has 0 amide bonds. The van der Waals surface area contributed by atoms with Crippen molar-refractivity contribution in [3.8, 4) is 11.4 Å². The first-order chi connectivity index (χ1) is 12.7. The van der Waals surface area contributed by atoms with Gasteiger partial charge in [-0.1, -0.05) is 17.7 Å². The largest absolute Gasteiger partial charge is 0.497 e. The second kappa shape index (κ2) is 6.65. The quantitative estimate of drug-likeness (QED) is 0.575. The Morgan fingerprint density at radius 3 is 2.62 bits per heavy atom. The van der Waals surface area contributed by atoms with Gasteiger partial charge in [0.15, 0.2) is 5.65 Å². The molecular weight excluding hydrogens is 350 g/mol. The highest BCUT2D eigenvalue weighted by Gasteiger charge is 2.12. The Hall–Kier alpha value is -3.12. The maximum absolute atomic E-state index is 6.25. The lowest BCUT2D eigenvalue weighted by Gasteiger charge is -2.08. The molecule has 0 aliphatic heterocycles. The van der Waals surface area contributed by atoms with E-state index in [1.165, 1.54) is 6.33 Å². The third-order valence-corrected chi connectivity index (χ3v) is 4.53. The SMILES string of the molecule is COc1ccc(Nc2ncnc3c2cnn3-c2ccc(C)c(Cl)c2)cc1. The van der Waals surface area contributed by atoms with E-state index in [0.717, 1.165) is 28.1 Å². The highest BCUT2D eigenvalue weighted by molar-refractivity contribution is 6.31. The van der Waals surface area contributed by atoms with E-state index in [4.69, 9.17) is 16.3 Å². The summed E-state index contributed by atoms with van der Waals surface area (Å²) in [6.45, 7) is 1.96. The number of hydrogen-bond acceptors (Lipinski definition) is 5. The van der Waals surface area contributed by atoms with Gasteiger partial charge in [-0.05, 0) is 48.9 Å². The Bertz CT molecular complexity index is 1080. The number of benzene rings is 2. The molecule has 0 bridgehead atoms. The smallest absolute Gasteiger partial charge is 0.168 e. The minimum Gasteiger partial charge on any atom is -0.497 e. The fourth-order valence-electron chi connectivity index (χ4n) is 2.66. The molecule has 2 heterocycles. The predicted octanol–water partition coefficient (Wildman–Crippen LogP) is 4.53. The number of nitrogens with zero attached hydrogens (tertiary/aromatic N) is 4. The van der Waals surface area contributed by atoms with Crippen molar-refractivity contribution in [3.05, 3.63) is 65.6 Å². The fourth-order valence-corrected chi connectivity index (χ4v) is 2.83. The van der Waals surface area contributed by atoms with E-state index >= 15 is 0 Å². The van der Waals surface area contributed by atoms with Crippen LogP contribution in [-0.2, 0) is 0 Å². The summed E-state index contributed by atoms with van der Waals surface area (Å²) < 4.78 is 6.93. The van der Waals surface area contributed by atoms with Crippen LogP contribution < -0.4 is 10.1 Å². The maximum Gasteiger partial charge on any atom is 0.168 e. The number of aromatic nitrogens is 4. The number of halogens is 1. The predicted molar refractivity (Wildman–Crippen MR) is 103 cm³/mol. The first kappa shape index (κ1) is 16.4. The van der Waals surface area contributed by atoms with Crippen molar-refractivity contribution >= 4 is 34.1 Å². The van der Waals surface area contributed by atoms with Crippen molar-refractivity contribution in [2.24, 2.45) is 0 Å². The molecule has 4 aromatic rings. The van der Waals surface area contributed by atoms with Crippen LogP contribution >= 0.6 is 11.6 Å². The van der Waals surface area contributed by atoms with Gasteiger partial charge in [0.2, 0.25) is 0 Å². The summed E-state index contributed by atoms with van der Waals surface area (Å²) in [4.78, 5) is 8.74. The zero-order valence-electron chi connectivity index (χ0n) is 14.3. The summed E-state index contributed by atoms with van der Waals surface area (Å²) >= 11 is 6.25. The van der Waals surface area contributed by atoms with Gasteiger partial charge >= 0.3 is 0 Å². The van der Waals surface area contributed by atoms with Crippen LogP contribution in [0.5, 0.6) is 5.75 Å². The lowest BCUT2D eigenvalue weighted by Crippen LogP contribution is -2.00. The third kappa shape index (κ3) is 2.95. The molecule has 4 rings (SSSR count). The van der Waals surface area contributed by atoms with Gasteiger partial charge in [0.1, 0.15) is 17.9 Å². The first-order valence-corrected chi connectivity index (χ1v) is 8.40. The Morgan fingerprint density at radius 1 is 1.08 bits per heavy atom. The zero-order chi connectivity index (χ0) is 18.1. The molecule has 1 N–H and O–H groups in total. The van der Waals surface area contributed by atoms with Gasteiger partial charge in [-0.3, -0.25) is 0 Å². The number of ether oxygens (including phenoxy) is 1. The second-order valence-electron chi connectivity index (χ2n) is 5.80. The van der Waals surface area contributed by atoms with Crippen LogP contribution in [0, 0.1) is 6.92 Å². The Balaban J connectivity index is 1.73. The van der Waals surface area contributed by atoms with Crippen molar-refractivity contribution < 1.29 is 4.74 Å². The molecule has 0 radical (unpaired) electrons. The summed E-state index contributed by atoms with van der Waals surface area (Å²) in [7, 11) is 1.64. The average molecular weight is 366 g/mol. The molecule has 0 aliphatic carbocycles. The number of fused-ring (bicyclic) bond motifs is 1. The van der Waals surface area contributed by atoms with Crippen molar-refractivity contribution in [2.75, 3.05) is 12.4 Å². The van der Waals surface area contributed by atoms with E-state index in [0.29, 0.717) is 16.5 Å². The lowest BCUT2D eigenvalue weighted by molar-refractivity contribution is 0.415. The van der Waals surface area contributed by atoms with Gasteiger partial charge in [-0.2, -0.15) is 5.10 Å². The summed E-state index contributed by atoms with van der Waals surface area (Å²) in [5.74, 6) is 1.48. The van der Waals surface area contributed by atoms with Gasteiger partial charge in [0, 0.05) is 10.7 Å². The maximum atomic E-state index is 6.25. The molecule has 130 valence electrons. The third-order valence-electron chi connectivity index (χ3n) is 4.12.